The number of piperidine rings is 1. The minimum Gasteiger partial charge on any atom is -0.373 e. The number of urea groups is 1. The quantitative estimate of drug-likeness (QED) is 0.814. The Labute approximate surface area is 159 Å². The number of imidazole rings is 1. The fourth-order valence-corrected chi connectivity index (χ4v) is 3.63. The van der Waals surface area contributed by atoms with Gasteiger partial charge < -0.3 is 19.5 Å². The molecule has 1 saturated carbocycles. The SMILES string of the molecule is O=C(NCC1(Cn2ccnc2)CC1)N1CCC(OCc2cccnc2)CC1. The van der Waals surface area contributed by atoms with Crippen LogP contribution >= 0.6 is 0 Å². The summed E-state index contributed by atoms with van der Waals surface area (Å²) in [6, 6.07) is 4.00. The number of carbonyl (C=O) groups is 1. The summed E-state index contributed by atoms with van der Waals surface area (Å²) in [5.74, 6) is 0. The van der Waals surface area contributed by atoms with Crippen molar-refractivity contribution in [3.8, 4) is 0 Å². The molecule has 2 fully saturated rings. The molecule has 27 heavy (non-hydrogen) atoms. The number of hydrogen-bond acceptors (Lipinski definition) is 4. The largest absolute Gasteiger partial charge is 0.373 e. The van der Waals surface area contributed by atoms with Crippen LogP contribution in [0.25, 0.3) is 0 Å². The Morgan fingerprint density at radius 3 is 2.78 bits per heavy atom. The lowest BCUT2D eigenvalue weighted by Gasteiger charge is -2.32. The first-order valence-electron chi connectivity index (χ1n) is 9.72. The summed E-state index contributed by atoms with van der Waals surface area (Å²) in [4.78, 5) is 22.6. The predicted octanol–water partition coefficient (Wildman–Crippen LogP) is 2.45. The summed E-state index contributed by atoms with van der Waals surface area (Å²) in [7, 11) is 0. The van der Waals surface area contributed by atoms with Gasteiger partial charge in [0.1, 0.15) is 0 Å². The first-order chi connectivity index (χ1) is 13.2. The topological polar surface area (TPSA) is 72.3 Å². The highest BCUT2D eigenvalue weighted by Crippen LogP contribution is 2.46. The van der Waals surface area contributed by atoms with E-state index in [0.717, 1.165) is 57.4 Å². The summed E-state index contributed by atoms with van der Waals surface area (Å²) >= 11 is 0. The maximum absolute atomic E-state index is 12.5. The van der Waals surface area contributed by atoms with Crippen molar-refractivity contribution in [3.05, 3.63) is 48.8 Å². The van der Waals surface area contributed by atoms with Gasteiger partial charge in [0.2, 0.25) is 0 Å². The van der Waals surface area contributed by atoms with Gasteiger partial charge in [-0.15, -0.1) is 0 Å². The number of hydrogen-bond donors (Lipinski definition) is 1. The molecular weight excluding hydrogens is 342 g/mol. The molecule has 3 heterocycles. The van der Waals surface area contributed by atoms with Gasteiger partial charge in [-0.1, -0.05) is 6.07 Å². The summed E-state index contributed by atoms with van der Waals surface area (Å²) in [5.41, 5.74) is 1.30. The van der Waals surface area contributed by atoms with Crippen molar-refractivity contribution in [2.24, 2.45) is 5.41 Å². The number of pyridine rings is 1. The smallest absolute Gasteiger partial charge is 0.317 e. The molecule has 0 unspecified atom stereocenters. The average Bonchev–Trinajstić information content (AvgIpc) is 3.28. The van der Waals surface area contributed by atoms with Crippen LogP contribution in [0.4, 0.5) is 4.79 Å². The maximum atomic E-state index is 12.5. The lowest BCUT2D eigenvalue weighted by Crippen LogP contribution is -2.47. The fourth-order valence-electron chi connectivity index (χ4n) is 3.63. The third-order valence-electron chi connectivity index (χ3n) is 5.59. The van der Waals surface area contributed by atoms with Gasteiger partial charge in [-0.25, -0.2) is 9.78 Å². The summed E-state index contributed by atoms with van der Waals surface area (Å²) < 4.78 is 8.07. The van der Waals surface area contributed by atoms with E-state index in [4.69, 9.17) is 4.74 Å². The molecule has 1 N–H and O–H groups in total. The molecule has 1 aliphatic heterocycles. The molecule has 2 aromatic heterocycles. The first kappa shape index (κ1) is 18.0. The number of carbonyl (C=O) groups excluding carboxylic acids is 1. The molecule has 0 aromatic carbocycles. The van der Waals surface area contributed by atoms with Gasteiger partial charge >= 0.3 is 6.03 Å². The molecule has 4 rings (SSSR count). The lowest BCUT2D eigenvalue weighted by atomic mass is 10.1. The van der Waals surface area contributed by atoms with Gasteiger partial charge in [0.05, 0.1) is 19.0 Å². The summed E-state index contributed by atoms with van der Waals surface area (Å²) in [5, 5.41) is 3.14. The summed E-state index contributed by atoms with van der Waals surface area (Å²) in [6.45, 7) is 3.75. The molecule has 7 nitrogen and oxygen atoms in total. The Morgan fingerprint density at radius 2 is 2.11 bits per heavy atom. The third-order valence-corrected chi connectivity index (χ3v) is 5.59. The molecule has 1 aliphatic carbocycles. The molecular formula is C20H27N5O2. The zero-order valence-electron chi connectivity index (χ0n) is 15.6. The zero-order valence-corrected chi connectivity index (χ0v) is 15.6. The van der Waals surface area contributed by atoms with E-state index in [9.17, 15) is 4.79 Å². The highest BCUT2D eigenvalue weighted by molar-refractivity contribution is 5.74. The molecule has 1 saturated heterocycles. The van der Waals surface area contributed by atoms with Gasteiger partial charge in [-0.2, -0.15) is 0 Å². The highest BCUT2D eigenvalue weighted by Gasteiger charge is 2.43. The number of nitrogens with one attached hydrogen (secondary N) is 1. The van der Waals surface area contributed by atoms with Crippen LogP contribution < -0.4 is 5.32 Å². The molecule has 144 valence electrons. The van der Waals surface area contributed by atoms with Crippen LogP contribution in [0.1, 0.15) is 31.2 Å². The van der Waals surface area contributed by atoms with Gasteiger partial charge in [0, 0.05) is 56.4 Å². The van der Waals surface area contributed by atoms with Crippen molar-refractivity contribution in [1.29, 1.82) is 0 Å². The fraction of sp³-hybridized carbons (Fsp3) is 0.550. The Balaban J connectivity index is 1.17. The number of rotatable bonds is 7. The molecule has 2 aliphatic rings. The van der Waals surface area contributed by atoms with Crippen molar-refractivity contribution >= 4 is 6.03 Å². The second kappa shape index (κ2) is 8.08. The number of nitrogens with zero attached hydrogens (tertiary/aromatic N) is 4. The van der Waals surface area contributed by atoms with Gasteiger partial charge in [0.15, 0.2) is 0 Å². The normalized spacial score (nSPS) is 19.0. The second-order valence-corrected chi connectivity index (χ2v) is 7.75. The van der Waals surface area contributed by atoms with Crippen LogP contribution in [-0.4, -0.2) is 51.2 Å². The minimum absolute atomic E-state index is 0.0533. The van der Waals surface area contributed by atoms with E-state index in [0.29, 0.717) is 6.61 Å². The van der Waals surface area contributed by atoms with Crippen LogP contribution in [0.5, 0.6) is 0 Å². The number of ether oxygens (including phenoxy) is 1. The molecule has 0 bridgehead atoms. The van der Waals surface area contributed by atoms with E-state index < -0.39 is 0 Å². The molecule has 0 spiro atoms. The molecule has 7 heteroatoms. The average molecular weight is 369 g/mol. The second-order valence-electron chi connectivity index (χ2n) is 7.75. The molecule has 0 radical (unpaired) electrons. The monoisotopic (exact) mass is 369 g/mol. The Bertz CT molecular complexity index is 722. The zero-order chi connectivity index (χ0) is 18.5. The van der Waals surface area contributed by atoms with E-state index in [1.165, 1.54) is 0 Å². The molecule has 2 aromatic rings. The van der Waals surface area contributed by atoms with Crippen LogP contribution in [-0.2, 0) is 17.9 Å². The minimum atomic E-state index is 0.0533. The molecule has 0 atom stereocenters. The van der Waals surface area contributed by atoms with Crippen molar-refractivity contribution < 1.29 is 9.53 Å². The van der Waals surface area contributed by atoms with Crippen LogP contribution in [0.3, 0.4) is 0 Å². The Morgan fingerprint density at radius 1 is 1.26 bits per heavy atom. The highest BCUT2D eigenvalue weighted by atomic mass is 16.5. The van der Waals surface area contributed by atoms with Crippen LogP contribution in [0.15, 0.2) is 43.2 Å². The standard InChI is InChI=1S/C20H27N5O2/c26-19(23-14-20(5-6-20)15-24-11-8-22-16-24)25-9-3-18(4-10-25)27-13-17-2-1-7-21-12-17/h1-2,7-8,11-12,16,18H,3-6,9-10,13-15H2,(H,23,26). The Hall–Kier alpha value is -2.41. The van der Waals surface area contributed by atoms with E-state index in [1.54, 1.807) is 12.4 Å². The molecule has 2 amide bonds. The first-order valence-corrected chi connectivity index (χ1v) is 9.72. The number of amides is 2. The van der Waals surface area contributed by atoms with Gasteiger partial charge in [-0.3, -0.25) is 4.98 Å². The predicted molar refractivity (Wildman–Crippen MR) is 101 cm³/mol. The lowest BCUT2D eigenvalue weighted by molar-refractivity contribution is 0.00427. The summed E-state index contributed by atoms with van der Waals surface area (Å²) in [6.07, 6.45) is 13.5. The van der Waals surface area contributed by atoms with E-state index in [-0.39, 0.29) is 17.6 Å². The third kappa shape index (κ3) is 4.86. The number of aromatic nitrogens is 3. The maximum Gasteiger partial charge on any atom is 0.317 e. The van der Waals surface area contributed by atoms with Crippen molar-refractivity contribution in [3.63, 3.8) is 0 Å². The number of likely N-dealkylation sites (tertiary alicyclic amines) is 1. The van der Waals surface area contributed by atoms with Crippen LogP contribution in [0.2, 0.25) is 0 Å². The van der Waals surface area contributed by atoms with E-state index >= 15 is 0 Å². The van der Waals surface area contributed by atoms with E-state index in [1.807, 2.05) is 35.8 Å². The van der Waals surface area contributed by atoms with Crippen molar-refractivity contribution in [1.82, 2.24) is 24.8 Å². The Kier molecular flexibility index (Phi) is 5.38. The van der Waals surface area contributed by atoms with Gasteiger partial charge in [-0.05, 0) is 37.3 Å². The van der Waals surface area contributed by atoms with Crippen LogP contribution in [0, 0.1) is 5.41 Å². The van der Waals surface area contributed by atoms with Gasteiger partial charge in [0.25, 0.3) is 0 Å². The van der Waals surface area contributed by atoms with Crippen molar-refractivity contribution in [2.45, 2.75) is 44.9 Å². The van der Waals surface area contributed by atoms with Crippen molar-refractivity contribution in [2.75, 3.05) is 19.6 Å². The van der Waals surface area contributed by atoms with E-state index in [2.05, 4.69) is 19.9 Å².